The lowest BCUT2D eigenvalue weighted by Crippen LogP contribution is -2.30. The molecule has 11 heavy (non-hydrogen) atoms. The Morgan fingerprint density at radius 3 is 2.55 bits per heavy atom. The molecule has 1 saturated carbocycles. The second kappa shape index (κ2) is 4.52. The maximum absolute atomic E-state index is 5.75. The molecule has 0 heterocycles. The molecule has 0 aromatic heterocycles. The summed E-state index contributed by atoms with van der Waals surface area (Å²) in [6, 6.07) is 0.415. The van der Waals surface area contributed by atoms with E-state index in [4.69, 9.17) is 10.5 Å². The molecule has 0 atom stereocenters. The van der Waals surface area contributed by atoms with Crippen molar-refractivity contribution < 1.29 is 4.74 Å². The van der Waals surface area contributed by atoms with E-state index in [9.17, 15) is 0 Å². The molecule has 0 saturated heterocycles. The maximum atomic E-state index is 5.75. The smallest absolute Gasteiger partial charge is 0.0648 e. The molecule has 2 nitrogen and oxygen atoms in total. The summed E-state index contributed by atoms with van der Waals surface area (Å²) in [6.07, 6.45) is 6.70. The van der Waals surface area contributed by atoms with Crippen molar-refractivity contribution in [2.24, 2.45) is 5.73 Å². The van der Waals surface area contributed by atoms with Crippen molar-refractivity contribution in [1.29, 1.82) is 0 Å². The van der Waals surface area contributed by atoms with Gasteiger partial charge in [-0.05, 0) is 25.7 Å². The van der Waals surface area contributed by atoms with Crippen LogP contribution in [0, 0.1) is 0 Å². The number of ether oxygens (including phenoxy) is 1. The summed E-state index contributed by atoms with van der Waals surface area (Å²) >= 11 is 0. The van der Waals surface area contributed by atoms with E-state index >= 15 is 0 Å². The summed E-state index contributed by atoms with van der Waals surface area (Å²) in [5, 5.41) is 0. The first-order chi connectivity index (χ1) is 5.33. The number of rotatable bonds is 3. The molecule has 1 fully saturated rings. The minimum absolute atomic E-state index is 0.415. The van der Waals surface area contributed by atoms with Gasteiger partial charge in [0.25, 0.3) is 0 Å². The second-order valence-electron chi connectivity index (χ2n) is 3.16. The molecule has 1 aliphatic rings. The van der Waals surface area contributed by atoms with Crippen molar-refractivity contribution >= 4 is 0 Å². The summed E-state index contributed by atoms with van der Waals surface area (Å²) in [7, 11) is 0. The van der Waals surface area contributed by atoms with E-state index in [1.54, 1.807) is 6.08 Å². The summed E-state index contributed by atoms with van der Waals surface area (Å²) in [5.74, 6) is 0. The minimum Gasteiger partial charge on any atom is -0.374 e. The number of hydrogen-bond donors (Lipinski definition) is 1. The Labute approximate surface area is 68.4 Å². The van der Waals surface area contributed by atoms with Gasteiger partial charge in [-0.2, -0.15) is 0 Å². The van der Waals surface area contributed by atoms with Crippen molar-refractivity contribution in [3.63, 3.8) is 0 Å². The van der Waals surface area contributed by atoms with Crippen molar-refractivity contribution in [1.82, 2.24) is 0 Å². The normalized spacial score (nSPS) is 31.7. The Morgan fingerprint density at radius 2 is 2.00 bits per heavy atom. The average molecular weight is 155 g/mol. The Hall–Kier alpha value is -0.340. The summed E-state index contributed by atoms with van der Waals surface area (Å²) < 4.78 is 5.51. The van der Waals surface area contributed by atoms with Crippen LogP contribution < -0.4 is 5.73 Å². The van der Waals surface area contributed by atoms with Crippen molar-refractivity contribution in [3.05, 3.63) is 12.7 Å². The first-order valence-corrected chi connectivity index (χ1v) is 4.31. The van der Waals surface area contributed by atoms with Crippen molar-refractivity contribution in [3.8, 4) is 0 Å². The van der Waals surface area contributed by atoms with Crippen LogP contribution in [0.1, 0.15) is 25.7 Å². The van der Waals surface area contributed by atoms with Crippen LogP contribution in [0.15, 0.2) is 12.7 Å². The van der Waals surface area contributed by atoms with Crippen LogP contribution in [0.5, 0.6) is 0 Å². The third-order valence-electron chi connectivity index (χ3n) is 2.17. The van der Waals surface area contributed by atoms with Gasteiger partial charge in [0.05, 0.1) is 12.7 Å². The highest BCUT2D eigenvalue weighted by Gasteiger charge is 2.17. The maximum Gasteiger partial charge on any atom is 0.0648 e. The van der Waals surface area contributed by atoms with Gasteiger partial charge in [-0.3, -0.25) is 0 Å². The Kier molecular flexibility index (Phi) is 3.60. The highest BCUT2D eigenvalue weighted by molar-refractivity contribution is 4.75. The van der Waals surface area contributed by atoms with Gasteiger partial charge in [0.15, 0.2) is 0 Å². The molecule has 0 amide bonds. The highest BCUT2D eigenvalue weighted by atomic mass is 16.5. The van der Waals surface area contributed by atoms with Gasteiger partial charge in [0.1, 0.15) is 0 Å². The van der Waals surface area contributed by atoms with Gasteiger partial charge >= 0.3 is 0 Å². The van der Waals surface area contributed by atoms with Crippen LogP contribution in [0.2, 0.25) is 0 Å². The molecule has 2 N–H and O–H groups in total. The molecule has 2 heteroatoms. The van der Waals surface area contributed by atoms with Gasteiger partial charge in [0, 0.05) is 6.04 Å². The Bertz CT molecular complexity index is 117. The lowest BCUT2D eigenvalue weighted by molar-refractivity contribution is 0.0429. The van der Waals surface area contributed by atoms with Gasteiger partial charge in [-0.15, -0.1) is 6.58 Å². The summed E-state index contributed by atoms with van der Waals surface area (Å²) in [4.78, 5) is 0. The topological polar surface area (TPSA) is 35.2 Å². The van der Waals surface area contributed by atoms with E-state index in [0.29, 0.717) is 18.8 Å². The van der Waals surface area contributed by atoms with Crippen LogP contribution in [-0.2, 0) is 4.74 Å². The van der Waals surface area contributed by atoms with E-state index in [0.717, 1.165) is 25.7 Å². The average Bonchev–Trinajstić information content (AvgIpc) is 2.04. The molecule has 64 valence electrons. The zero-order chi connectivity index (χ0) is 8.10. The standard InChI is InChI=1S/C9H17NO/c1-2-7-11-9-5-3-8(10)4-6-9/h2,8-9H,1,3-7,10H2/t8-,9-. The predicted octanol–water partition coefficient (Wildman–Crippen LogP) is 1.46. The second-order valence-corrected chi connectivity index (χ2v) is 3.16. The van der Waals surface area contributed by atoms with Crippen molar-refractivity contribution in [2.75, 3.05) is 6.61 Å². The molecule has 0 radical (unpaired) electrons. The lowest BCUT2D eigenvalue weighted by atomic mass is 9.94. The summed E-state index contributed by atoms with van der Waals surface area (Å²) in [6.45, 7) is 4.29. The highest BCUT2D eigenvalue weighted by Crippen LogP contribution is 2.19. The van der Waals surface area contributed by atoms with E-state index in [-0.39, 0.29) is 0 Å². The Balaban J connectivity index is 2.12. The van der Waals surface area contributed by atoms with E-state index in [1.165, 1.54) is 0 Å². The van der Waals surface area contributed by atoms with Gasteiger partial charge in [0.2, 0.25) is 0 Å². The minimum atomic E-state index is 0.415. The SMILES string of the molecule is C=CCO[C@H]1CC[C@H](N)CC1. The first kappa shape index (κ1) is 8.75. The van der Waals surface area contributed by atoms with Crippen LogP contribution in [0.3, 0.4) is 0 Å². The van der Waals surface area contributed by atoms with Crippen LogP contribution in [0.4, 0.5) is 0 Å². The fraction of sp³-hybridized carbons (Fsp3) is 0.778. The molecule has 0 spiro atoms. The third kappa shape index (κ3) is 3.04. The molecule has 0 bridgehead atoms. The monoisotopic (exact) mass is 155 g/mol. The molecule has 0 aromatic rings. The molecular weight excluding hydrogens is 138 g/mol. The predicted molar refractivity (Wildman–Crippen MR) is 46.4 cm³/mol. The number of hydrogen-bond acceptors (Lipinski definition) is 2. The van der Waals surface area contributed by atoms with E-state index < -0.39 is 0 Å². The van der Waals surface area contributed by atoms with Gasteiger partial charge in [-0.1, -0.05) is 6.08 Å². The fourth-order valence-corrected chi connectivity index (χ4v) is 1.46. The van der Waals surface area contributed by atoms with E-state index in [1.807, 2.05) is 0 Å². The molecule has 0 aromatic carbocycles. The molecule has 1 aliphatic carbocycles. The van der Waals surface area contributed by atoms with Crippen LogP contribution in [0.25, 0.3) is 0 Å². The Morgan fingerprint density at radius 1 is 1.36 bits per heavy atom. The van der Waals surface area contributed by atoms with Crippen LogP contribution >= 0.6 is 0 Å². The largest absolute Gasteiger partial charge is 0.374 e. The quantitative estimate of drug-likeness (QED) is 0.626. The third-order valence-corrected chi connectivity index (χ3v) is 2.17. The summed E-state index contributed by atoms with van der Waals surface area (Å²) in [5.41, 5.74) is 5.75. The zero-order valence-electron chi connectivity index (χ0n) is 6.96. The van der Waals surface area contributed by atoms with Gasteiger partial charge < -0.3 is 10.5 Å². The molecule has 0 aliphatic heterocycles. The zero-order valence-corrected chi connectivity index (χ0v) is 6.96. The van der Waals surface area contributed by atoms with E-state index in [2.05, 4.69) is 6.58 Å². The van der Waals surface area contributed by atoms with Gasteiger partial charge in [-0.25, -0.2) is 0 Å². The molecule has 0 unspecified atom stereocenters. The number of nitrogens with two attached hydrogens (primary N) is 1. The van der Waals surface area contributed by atoms with Crippen LogP contribution in [-0.4, -0.2) is 18.8 Å². The van der Waals surface area contributed by atoms with Crippen molar-refractivity contribution in [2.45, 2.75) is 37.8 Å². The first-order valence-electron chi connectivity index (χ1n) is 4.31. The fourth-order valence-electron chi connectivity index (χ4n) is 1.46. The molecule has 1 rings (SSSR count). The molecular formula is C9H17NO. The lowest BCUT2D eigenvalue weighted by Gasteiger charge is -2.25.